The van der Waals surface area contributed by atoms with Gasteiger partial charge in [-0.25, -0.2) is 0 Å². The lowest BCUT2D eigenvalue weighted by atomic mass is 10.0. The maximum atomic E-state index is 9.15. The Hall–Kier alpha value is -0.910. The third-order valence-electron chi connectivity index (χ3n) is 2.40. The van der Waals surface area contributed by atoms with Gasteiger partial charge in [-0.05, 0) is 18.2 Å². The summed E-state index contributed by atoms with van der Waals surface area (Å²) in [6.45, 7) is 0. The summed E-state index contributed by atoms with van der Waals surface area (Å²) in [5.41, 5.74) is 1.49. The molecule has 1 nitrogen and oxygen atoms in total. The largest absolute Gasteiger partial charge is 0.192 e. The second-order valence-electron chi connectivity index (χ2n) is 3.52. The zero-order chi connectivity index (χ0) is 13.3. The van der Waals surface area contributed by atoms with Gasteiger partial charge >= 0.3 is 0 Å². The SMILES string of the molecule is N#Cc1c(Cl)cccc1-c1c(Cl)cc(Cl)cc1Cl. The van der Waals surface area contributed by atoms with Crippen LogP contribution in [-0.2, 0) is 0 Å². The summed E-state index contributed by atoms with van der Waals surface area (Å²) in [5.74, 6) is 0. The van der Waals surface area contributed by atoms with Gasteiger partial charge in [-0.15, -0.1) is 0 Å². The molecule has 2 rings (SSSR count). The number of hydrogen-bond donors (Lipinski definition) is 0. The van der Waals surface area contributed by atoms with E-state index in [0.717, 1.165) is 0 Å². The third-order valence-corrected chi connectivity index (χ3v) is 3.53. The van der Waals surface area contributed by atoms with Gasteiger partial charge in [0.05, 0.1) is 20.6 Å². The molecule has 0 aliphatic heterocycles. The molecule has 2 aromatic carbocycles. The van der Waals surface area contributed by atoms with Gasteiger partial charge in [-0.3, -0.25) is 0 Å². The summed E-state index contributed by atoms with van der Waals surface area (Å²) >= 11 is 24.1. The topological polar surface area (TPSA) is 23.8 Å². The molecule has 0 unspecified atom stereocenters. The van der Waals surface area contributed by atoms with E-state index in [4.69, 9.17) is 51.7 Å². The molecular formula is C13H5Cl4N. The third kappa shape index (κ3) is 2.43. The van der Waals surface area contributed by atoms with Crippen LogP contribution in [-0.4, -0.2) is 0 Å². The van der Waals surface area contributed by atoms with E-state index in [1.165, 1.54) is 0 Å². The Kier molecular flexibility index (Phi) is 4.04. The van der Waals surface area contributed by atoms with Crippen LogP contribution in [0.1, 0.15) is 5.56 Å². The first-order chi connectivity index (χ1) is 8.54. The highest BCUT2D eigenvalue weighted by Crippen LogP contribution is 2.40. The first-order valence-electron chi connectivity index (χ1n) is 4.88. The fourth-order valence-corrected chi connectivity index (χ4v) is 2.88. The summed E-state index contributed by atoms with van der Waals surface area (Å²) < 4.78 is 0. The lowest BCUT2D eigenvalue weighted by Gasteiger charge is -2.10. The van der Waals surface area contributed by atoms with E-state index in [-0.39, 0.29) is 0 Å². The van der Waals surface area contributed by atoms with E-state index in [9.17, 15) is 0 Å². The molecule has 0 radical (unpaired) electrons. The Morgan fingerprint density at radius 1 is 0.889 bits per heavy atom. The highest BCUT2D eigenvalue weighted by Gasteiger charge is 2.15. The van der Waals surface area contributed by atoms with Crippen molar-refractivity contribution in [2.24, 2.45) is 0 Å². The molecule has 0 spiro atoms. The number of nitrogens with zero attached hydrogens (tertiary/aromatic N) is 1. The fraction of sp³-hybridized carbons (Fsp3) is 0. The van der Waals surface area contributed by atoms with Crippen molar-refractivity contribution in [1.82, 2.24) is 0 Å². The van der Waals surface area contributed by atoms with E-state index in [1.54, 1.807) is 30.3 Å². The molecular weight excluding hydrogens is 312 g/mol. The number of nitriles is 1. The van der Waals surface area contributed by atoms with Crippen LogP contribution < -0.4 is 0 Å². The standard InChI is InChI=1S/C13H5Cl4N/c14-7-4-11(16)13(12(17)5-7)8-2-1-3-10(15)9(8)6-18/h1-5H. The van der Waals surface area contributed by atoms with Crippen LogP contribution in [0.4, 0.5) is 0 Å². The maximum absolute atomic E-state index is 9.15. The maximum Gasteiger partial charge on any atom is 0.101 e. The van der Waals surface area contributed by atoms with Crippen molar-refractivity contribution >= 4 is 46.4 Å². The molecule has 0 amide bonds. The minimum Gasteiger partial charge on any atom is -0.192 e. The predicted octanol–water partition coefficient (Wildman–Crippen LogP) is 5.84. The van der Waals surface area contributed by atoms with Crippen LogP contribution in [0.3, 0.4) is 0 Å². The summed E-state index contributed by atoms with van der Waals surface area (Å²) in [7, 11) is 0. The smallest absolute Gasteiger partial charge is 0.101 e. The van der Waals surface area contributed by atoms with Crippen LogP contribution in [0.5, 0.6) is 0 Å². The van der Waals surface area contributed by atoms with Crippen molar-refractivity contribution in [3.05, 3.63) is 56.0 Å². The minimum atomic E-state index is 0.338. The van der Waals surface area contributed by atoms with Crippen LogP contribution in [0.2, 0.25) is 20.1 Å². The van der Waals surface area contributed by atoms with Crippen molar-refractivity contribution in [3.63, 3.8) is 0 Å². The average molecular weight is 317 g/mol. The van der Waals surface area contributed by atoms with Gasteiger partial charge in [0.25, 0.3) is 0 Å². The molecule has 0 aromatic heterocycles. The zero-order valence-corrected chi connectivity index (χ0v) is 11.9. The van der Waals surface area contributed by atoms with Gasteiger partial charge in [0.15, 0.2) is 0 Å². The van der Waals surface area contributed by atoms with Crippen molar-refractivity contribution in [3.8, 4) is 17.2 Å². The van der Waals surface area contributed by atoms with Crippen LogP contribution >= 0.6 is 46.4 Å². The fourth-order valence-electron chi connectivity index (χ4n) is 1.65. The number of halogens is 4. The molecule has 90 valence electrons. The number of benzene rings is 2. The summed E-state index contributed by atoms with van der Waals surface area (Å²) in [6.07, 6.45) is 0. The normalized spacial score (nSPS) is 10.2. The molecule has 0 heterocycles. The van der Waals surface area contributed by atoms with E-state index in [0.29, 0.717) is 36.8 Å². The van der Waals surface area contributed by atoms with Crippen LogP contribution in [0, 0.1) is 11.3 Å². The van der Waals surface area contributed by atoms with E-state index in [1.807, 2.05) is 6.07 Å². The minimum absolute atomic E-state index is 0.338. The van der Waals surface area contributed by atoms with Crippen molar-refractivity contribution in [2.75, 3.05) is 0 Å². The monoisotopic (exact) mass is 315 g/mol. The van der Waals surface area contributed by atoms with Gasteiger partial charge in [0.1, 0.15) is 6.07 Å². The van der Waals surface area contributed by atoms with E-state index >= 15 is 0 Å². The van der Waals surface area contributed by atoms with Gasteiger partial charge < -0.3 is 0 Å². The van der Waals surface area contributed by atoms with Gasteiger partial charge in [0.2, 0.25) is 0 Å². The lowest BCUT2D eigenvalue weighted by molar-refractivity contribution is 1.48. The van der Waals surface area contributed by atoms with Crippen molar-refractivity contribution in [1.29, 1.82) is 5.26 Å². The second kappa shape index (κ2) is 5.38. The first kappa shape index (κ1) is 13.5. The molecule has 0 atom stereocenters. The number of hydrogen-bond acceptors (Lipinski definition) is 1. The molecule has 0 saturated carbocycles. The van der Waals surface area contributed by atoms with Crippen molar-refractivity contribution in [2.45, 2.75) is 0 Å². The summed E-state index contributed by atoms with van der Waals surface area (Å²) in [6, 6.07) is 10.3. The molecule has 18 heavy (non-hydrogen) atoms. The lowest BCUT2D eigenvalue weighted by Crippen LogP contribution is -1.88. The predicted molar refractivity (Wildman–Crippen MR) is 76.6 cm³/mol. The Balaban J connectivity index is 2.79. The molecule has 0 fully saturated rings. The first-order valence-corrected chi connectivity index (χ1v) is 6.39. The molecule has 0 aliphatic rings. The summed E-state index contributed by atoms with van der Waals surface area (Å²) in [5, 5.41) is 10.7. The highest BCUT2D eigenvalue weighted by atomic mass is 35.5. The average Bonchev–Trinajstić information content (AvgIpc) is 2.27. The second-order valence-corrected chi connectivity index (χ2v) is 5.18. The number of rotatable bonds is 1. The van der Waals surface area contributed by atoms with Crippen molar-refractivity contribution < 1.29 is 0 Å². The van der Waals surface area contributed by atoms with E-state index < -0.39 is 0 Å². The van der Waals surface area contributed by atoms with Gasteiger partial charge in [0, 0.05) is 16.1 Å². The van der Waals surface area contributed by atoms with Gasteiger partial charge in [-0.1, -0.05) is 58.5 Å². The Bertz CT molecular complexity index is 636. The van der Waals surface area contributed by atoms with E-state index in [2.05, 4.69) is 0 Å². The van der Waals surface area contributed by atoms with Crippen LogP contribution in [0.15, 0.2) is 30.3 Å². The molecule has 0 bridgehead atoms. The molecule has 2 aromatic rings. The zero-order valence-electron chi connectivity index (χ0n) is 8.85. The summed E-state index contributed by atoms with van der Waals surface area (Å²) in [4.78, 5) is 0. The van der Waals surface area contributed by atoms with Crippen LogP contribution in [0.25, 0.3) is 11.1 Å². The quantitative estimate of drug-likeness (QED) is 0.648. The highest BCUT2D eigenvalue weighted by molar-refractivity contribution is 6.42. The Morgan fingerprint density at radius 3 is 2.06 bits per heavy atom. The van der Waals surface area contributed by atoms with Gasteiger partial charge in [-0.2, -0.15) is 5.26 Å². The molecule has 5 heteroatoms. The molecule has 0 N–H and O–H groups in total. The molecule has 0 aliphatic carbocycles. The Morgan fingerprint density at radius 2 is 1.50 bits per heavy atom. The molecule has 0 saturated heterocycles. The Labute approximate surface area is 124 Å².